The summed E-state index contributed by atoms with van der Waals surface area (Å²) < 4.78 is 19.2. The molecule has 0 saturated heterocycles. The number of pyridine rings is 1. The van der Waals surface area contributed by atoms with Gasteiger partial charge in [0.1, 0.15) is 0 Å². The Morgan fingerprint density at radius 1 is 1.10 bits per heavy atom. The van der Waals surface area contributed by atoms with Crippen molar-refractivity contribution in [2.45, 2.75) is 64.6 Å². The molecule has 2 aromatic carbocycles. The van der Waals surface area contributed by atoms with Gasteiger partial charge >= 0.3 is 6.09 Å². The van der Waals surface area contributed by atoms with Crippen molar-refractivity contribution in [2.24, 2.45) is 11.7 Å². The summed E-state index contributed by atoms with van der Waals surface area (Å²) in [4.78, 5) is 40.9. The maximum Gasteiger partial charge on any atom is 0.405 e. The summed E-state index contributed by atoms with van der Waals surface area (Å²) >= 11 is 6.00. The Morgan fingerprint density at radius 2 is 1.77 bits per heavy atom. The standard InChI is InChI=1S/C29H32ClFN4O5/c1-14(2)27(40-29(32)39)28(38)35-19-7-5-18(6-8-19)34-25-20-10-16(17-11-22(30)26(37)23(31)12-17)4-9-24(20)33-13-21(25)15(3)36/h4,9-14,18-19,27,37H,5-8H2,1-3H3,(H2,32,39)(H,33,34)(H,35,38). The first-order chi connectivity index (χ1) is 18.9. The van der Waals surface area contributed by atoms with Gasteiger partial charge in [-0.1, -0.05) is 31.5 Å². The number of aromatic nitrogens is 1. The van der Waals surface area contributed by atoms with Crippen LogP contribution >= 0.6 is 11.6 Å². The van der Waals surface area contributed by atoms with Gasteiger partial charge in [0.05, 0.1) is 21.8 Å². The van der Waals surface area contributed by atoms with E-state index in [2.05, 4.69) is 15.6 Å². The highest BCUT2D eigenvalue weighted by Gasteiger charge is 2.30. The van der Waals surface area contributed by atoms with Gasteiger partial charge in [-0.2, -0.15) is 0 Å². The van der Waals surface area contributed by atoms with Crippen LogP contribution in [-0.4, -0.2) is 46.1 Å². The summed E-state index contributed by atoms with van der Waals surface area (Å²) in [6.45, 7) is 5.02. The lowest BCUT2D eigenvalue weighted by Gasteiger charge is -2.32. The molecule has 1 unspecified atom stereocenters. The number of aromatic hydroxyl groups is 1. The molecule has 1 aliphatic carbocycles. The number of nitrogens with zero attached hydrogens (tertiary/aromatic N) is 1. The molecule has 1 fully saturated rings. The number of halogens is 2. The number of hydrogen-bond acceptors (Lipinski definition) is 7. The van der Waals surface area contributed by atoms with Crippen LogP contribution in [0.4, 0.5) is 14.9 Å². The average molecular weight is 571 g/mol. The Balaban J connectivity index is 1.55. The van der Waals surface area contributed by atoms with Crippen molar-refractivity contribution < 1.29 is 28.6 Å². The zero-order valence-corrected chi connectivity index (χ0v) is 23.2. The molecule has 1 saturated carbocycles. The number of phenolic OH excluding ortho intramolecular Hbond substituents is 1. The van der Waals surface area contributed by atoms with Gasteiger partial charge in [-0.3, -0.25) is 14.6 Å². The lowest BCUT2D eigenvalue weighted by molar-refractivity contribution is -0.132. The predicted molar refractivity (Wildman–Crippen MR) is 151 cm³/mol. The van der Waals surface area contributed by atoms with Crippen LogP contribution in [0, 0.1) is 11.7 Å². The molecule has 40 heavy (non-hydrogen) atoms. The second-order valence-corrected chi connectivity index (χ2v) is 10.8. The van der Waals surface area contributed by atoms with Gasteiger partial charge in [0.15, 0.2) is 23.5 Å². The summed E-state index contributed by atoms with van der Waals surface area (Å²) in [6, 6.07) is 7.97. The minimum atomic E-state index is -0.991. The third-order valence-corrected chi connectivity index (χ3v) is 7.41. The number of amides is 2. The Labute approximate surface area is 236 Å². The van der Waals surface area contributed by atoms with Crippen molar-refractivity contribution in [1.29, 1.82) is 0 Å². The number of ether oxygens (including phenoxy) is 1. The molecule has 1 atom stereocenters. The van der Waals surface area contributed by atoms with Gasteiger partial charge in [-0.15, -0.1) is 0 Å². The van der Waals surface area contributed by atoms with Gasteiger partial charge in [0, 0.05) is 23.7 Å². The minimum absolute atomic E-state index is 0.0174. The smallest absolute Gasteiger partial charge is 0.405 e. The van der Waals surface area contributed by atoms with Crippen LogP contribution in [0.2, 0.25) is 5.02 Å². The highest BCUT2D eigenvalue weighted by atomic mass is 35.5. The molecule has 212 valence electrons. The Morgan fingerprint density at radius 3 is 2.38 bits per heavy atom. The molecule has 0 radical (unpaired) electrons. The number of Topliss-reactive ketones (excluding diaryl/α,β-unsaturated/α-hetero) is 1. The van der Waals surface area contributed by atoms with E-state index in [-0.39, 0.29) is 34.7 Å². The van der Waals surface area contributed by atoms with Crippen LogP contribution in [0.1, 0.15) is 56.8 Å². The molecule has 0 bridgehead atoms. The topological polar surface area (TPSA) is 144 Å². The van der Waals surface area contributed by atoms with E-state index in [4.69, 9.17) is 22.1 Å². The van der Waals surface area contributed by atoms with E-state index in [1.165, 1.54) is 19.1 Å². The zero-order chi connectivity index (χ0) is 29.1. The molecular formula is C29H32ClFN4O5. The molecule has 2 amide bonds. The molecular weight excluding hydrogens is 539 g/mol. The van der Waals surface area contributed by atoms with Crippen LogP contribution in [0.3, 0.4) is 0 Å². The van der Waals surface area contributed by atoms with Crippen LogP contribution in [-0.2, 0) is 9.53 Å². The quantitative estimate of drug-likeness (QED) is 0.259. The van der Waals surface area contributed by atoms with Crippen molar-refractivity contribution in [2.75, 3.05) is 5.32 Å². The Bertz CT molecular complexity index is 1430. The fourth-order valence-corrected chi connectivity index (χ4v) is 5.22. The number of carbonyl (C=O) groups is 3. The van der Waals surface area contributed by atoms with Gasteiger partial charge < -0.3 is 26.2 Å². The monoisotopic (exact) mass is 570 g/mol. The zero-order valence-electron chi connectivity index (χ0n) is 22.5. The van der Waals surface area contributed by atoms with Gasteiger partial charge in [0.25, 0.3) is 5.91 Å². The highest BCUT2D eigenvalue weighted by Crippen LogP contribution is 2.36. The highest BCUT2D eigenvalue weighted by molar-refractivity contribution is 6.32. The summed E-state index contributed by atoms with van der Waals surface area (Å²) in [5.41, 5.74) is 7.94. The van der Waals surface area contributed by atoms with Crippen LogP contribution in [0.5, 0.6) is 5.75 Å². The molecule has 11 heteroatoms. The third kappa shape index (κ3) is 6.44. The van der Waals surface area contributed by atoms with Crippen molar-refractivity contribution in [3.05, 3.63) is 52.9 Å². The van der Waals surface area contributed by atoms with Crippen LogP contribution in [0.25, 0.3) is 22.0 Å². The molecule has 0 spiro atoms. The number of hydrogen-bond donors (Lipinski definition) is 4. The number of benzene rings is 2. The average Bonchev–Trinajstić information content (AvgIpc) is 2.90. The number of primary amides is 1. The van der Waals surface area contributed by atoms with Crippen molar-refractivity contribution in [3.8, 4) is 16.9 Å². The molecule has 1 heterocycles. The van der Waals surface area contributed by atoms with Crippen LogP contribution in [0.15, 0.2) is 36.5 Å². The lowest BCUT2D eigenvalue weighted by atomic mass is 9.90. The van der Waals surface area contributed by atoms with E-state index in [9.17, 15) is 23.9 Å². The van der Waals surface area contributed by atoms with Gasteiger partial charge in [-0.25, -0.2) is 9.18 Å². The Hall–Kier alpha value is -3.92. The first-order valence-corrected chi connectivity index (χ1v) is 13.5. The van der Waals surface area contributed by atoms with Crippen molar-refractivity contribution >= 4 is 46.0 Å². The van der Waals surface area contributed by atoms with Crippen molar-refractivity contribution in [1.82, 2.24) is 10.3 Å². The number of ketones is 1. The number of nitrogens with two attached hydrogens (primary N) is 1. The first kappa shape index (κ1) is 29.1. The summed E-state index contributed by atoms with van der Waals surface area (Å²) in [7, 11) is 0. The van der Waals surface area contributed by atoms with E-state index < -0.39 is 23.8 Å². The molecule has 4 rings (SSSR count). The fraction of sp³-hybridized carbons (Fsp3) is 0.379. The molecule has 5 N–H and O–H groups in total. The normalized spacial score (nSPS) is 17.9. The maximum atomic E-state index is 14.2. The fourth-order valence-electron chi connectivity index (χ4n) is 5.01. The Kier molecular flexibility index (Phi) is 8.78. The van der Waals surface area contributed by atoms with Gasteiger partial charge in [0.2, 0.25) is 0 Å². The summed E-state index contributed by atoms with van der Waals surface area (Å²) in [5, 5.41) is 16.8. The number of carbonyl (C=O) groups excluding carboxylic acids is 3. The lowest BCUT2D eigenvalue weighted by Crippen LogP contribution is -2.47. The SMILES string of the molecule is CC(=O)c1cnc2ccc(-c3cc(F)c(O)c(Cl)c3)cc2c1NC1CCC(NC(=O)C(OC(N)=O)C(C)C)CC1. The number of fused-ring (bicyclic) bond motifs is 1. The van der Waals surface area contributed by atoms with E-state index in [0.717, 1.165) is 0 Å². The molecule has 0 aliphatic heterocycles. The number of rotatable bonds is 8. The predicted octanol–water partition coefficient (Wildman–Crippen LogP) is 5.56. The minimum Gasteiger partial charge on any atom is -0.504 e. The molecule has 3 aromatic rings. The molecule has 1 aromatic heterocycles. The maximum absolute atomic E-state index is 14.2. The second-order valence-electron chi connectivity index (χ2n) is 10.4. The summed E-state index contributed by atoms with van der Waals surface area (Å²) in [5.74, 6) is -2.20. The van der Waals surface area contributed by atoms with E-state index >= 15 is 0 Å². The van der Waals surface area contributed by atoms with E-state index in [0.29, 0.717) is 59.0 Å². The van der Waals surface area contributed by atoms with E-state index in [1.807, 2.05) is 6.07 Å². The van der Waals surface area contributed by atoms with E-state index in [1.54, 1.807) is 32.2 Å². The molecule has 1 aliphatic rings. The van der Waals surface area contributed by atoms with Gasteiger partial charge in [-0.05, 0) is 73.9 Å². The number of nitrogens with one attached hydrogen (secondary N) is 2. The largest absolute Gasteiger partial charge is 0.504 e. The summed E-state index contributed by atoms with van der Waals surface area (Å²) in [6.07, 6.45) is 2.39. The van der Waals surface area contributed by atoms with Crippen LogP contribution < -0.4 is 16.4 Å². The van der Waals surface area contributed by atoms with Crippen molar-refractivity contribution in [3.63, 3.8) is 0 Å². The molecule has 9 nitrogen and oxygen atoms in total. The first-order valence-electron chi connectivity index (χ1n) is 13.1. The number of phenols is 1. The second kappa shape index (κ2) is 12.1. The number of anilines is 1. The third-order valence-electron chi connectivity index (χ3n) is 7.13.